The van der Waals surface area contributed by atoms with Crippen LogP contribution in [0, 0.1) is 11.7 Å². The third kappa shape index (κ3) is 6.58. The number of anilines is 1. The third-order valence-electron chi connectivity index (χ3n) is 9.67. The van der Waals surface area contributed by atoms with Crippen LogP contribution in [0.4, 0.5) is 10.1 Å². The molecule has 6 rings (SSSR count). The molecule has 0 radical (unpaired) electrons. The van der Waals surface area contributed by atoms with Crippen LogP contribution in [0.5, 0.6) is 0 Å². The number of benzene rings is 2. The maximum atomic E-state index is 15.9. The van der Waals surface area contributed by atoms with Gasteiger partial charge in [0.1, 0.15) is 10.8 Å². The lowest BCUT2D eigenvalue weighted by Gasteiger charge is -2.51. The Labute approximate surface area is 277 Å². The summed E-state index contributed by atoms with van der Waals surface area (Å²) in [5, 5.41) is 14.6. The van der Waals surface area contributed by atoms with E-state index in [-0.39, 0.29) is 34.6 Å². The molecule has 9 nitrogen and oxygen atoms in total. The first-order valence-electron chi connectivity index (χ1n) is 16.0. The summed E-state index contributed by atoms with van der Waals surface area (Å²) in [6, 6.07) is 10.6. The van der Waals surface area contributed by atoms with Crippen LogP contribution in [-0.4, -0.2) is 95.7 Å². The number of fused-ring (bicyclic) bond motifs is 1. The van der Waals surface area contributed by atoms with Crippen molar-refractivity contribution in [3.63, 3.8) is 0 Å². The fraction of sp³-hybridized carbons (Fsp3) is 0.500. The molecule has 1 aliphatic carbocycles. The Balaban J connectivity index is 1.27. The molecular formula is C34H40ClFN4O5S. The number of hydrogen-bond acceptors (Lipinski definition) is 8. The number of ketones is 1. The van der Waals surface area contributed by atoms with Crippen molar-refractivity contribution in [3.05, 3.63) is 63.7 Å². The number of carboxylic acid groups (broad SMARTS) is 1. The van der Waals surface area contributed by atoms with Gasteiger partial charge in [-0.05, 0) is 63.3 Å². The Hall–Kier alpha value is -2.93. The number of halogens is 2. The first-order valence-corrected chi connectivity index (χ1v) is 17.3. The number of nitrogens with one attached hydrogen (secondary N) is 1. The van der Waals surface area contributed by atoms with Crippen LogP contribution >= 0.6 is 22.9 Å². The molecule has 3 heterocycles. The van der Waals surface area contributed by atoms with Gasteiger partial charge in [-0.3, -0.25) is 24.2 Å². The van der Waals surface area contributed by atoms with Crippen LogP contribution in [-0.2, 0) is 20.7 Å². The summed E-state index contributed by atoms with van der Waals surface area (Å²) in [4.78, 5) is 45.8. The van der Waals surface area contributed by atoms with Gasteiger partial charge in [0.2, 0.25) is 5.85 Å². The summed E-state index contributed by atoms with van der Waals surface area (Å²) in [7, 11) is 2.04. The number of Topliss-reactive ketones (excluding diaryl/α,β-unsaturated/α-hetero) is 1. The van der Waals surface area contributed by atoms with Gasteiger partial charge in [-0.1, -0.05) is 35.9 Å². The van der Waals surface area contributed by atoms with E-state index >= 15 is 4.39 Å². The largest absolute Gasteiger partial charge is 0.481 e. The number of ether oxygens (including phenoxy) is 1. The van der Waals surface area contributed by atoms with Crippen LogP contribution < -0.4 is 5.32 Å². The molecule has 12 heteroatoms. The average molecular weight is 671 g/mol. The Kier molecular flexibility index (Phi) is 10.1. The van der Waals surface area contributed by atoms with Crippen molar-refractivity contribution in [2.45, 2.75) is 56.9 Å². The number of carboxylic acids is 1. The fourth-order valence-electron chi connectivity index (χ4n) is 7.01. The van der Waals surface area contributed by atoms with Crippen LogP contribution in [0.3, 0.4) is 0 Å². The molecule has 1 unspecified atom stereocenters. The van der Waals surface area contributed by atoms with Crippen molar-refractivity contribution >= 4 is 56.4 Å². The molecule has 2 aliphatic heterocycles. The first kappa shape index (κ1) is 33.0. The molecule has 2 N–H and O–H groups in total. The molecule has 1 amide bonds. The van der Waals surface area contributed by atoms with E-state index in [4.69, 9.17) is 16.3 Å². The van der Waals surface area contributed by atoms with E-state index in [1.54, 1.807) is 11.4 Å². The molecule has 46 heavy (non-hydrogen) atoms. The summed E-state index contributed by atoms with van der Waals surface area (Å²) in [5.74, 6) is -4.01. The zero-order chi connectivity index (χ0) is 32.4. The number of amides is 1. The maximum absolute atomic E-state index is 15.9. The summed E-state index contributed by atoms with van der Waals surface area (Å²) in [5.41, 5.74) is 0.741. The van der Waals surface area contributed by atoms with Crippen LogP contribution in [0.15, 0.2) is 41.8 Å². The Morgan fingerprint density at radius 1 is 1.00 bits per heavy atom. The van der Waals surface area contributed by atoms with Gasteiger partial charge in [-0.15, -0.1) is 11.3 Å². The average Bonchev–Trinajstić information content (AvgIpc) is 3.75. The Bertz CT molecular complexity index is 1600. The molecule has 2 saturated heterocycles. The molecule has 1 atom stereocenters. The number of rotatable bonds is 10. The normalized spacial score (nSPS) is 22.9. The fourth-order valence-corrected chi connectivity index (χ4v) is 8.18. The summed E-state index contributed by atoms with van der Waals surface area (Å²) in [6.07, 6.45) is 3.37. The van der Waals surface area contributed by atoms with Crippen molar-refractivity contribution in [1.82, 2.24) is 14.7 Å². The molecule has 0 spiro atoms. The zero-order valence-electron chi connectivity index (χ0n) is 26.0. The lowest BCUT2D eigenvalue weighted by Crippen LogP contribution is -2.70. The highest BCUT2D eigenvalue weighted by atomic mass is 35.5. The van der Waals surface area contributed by atoms with Gasteiger partial charge < -0.3 is 20.1 Å². The standard InChI is InChI=1S/C34H40ClFN4O5S/c1-38-16-18-40(19-17-38)34(39-14-4-5-15-39,45-24-11-8-22(9-12-24)33(43)44)29(41)20-23-10-13-27(30(35)31(23)36)37-32(42)26-21-46-28-7-3-2-6-25(26)28/h2-3,6-7,10,13,21-22,24H,4-5,8-9,11-12,14-20H2,1H3,(H,37,42)(H,43,44)/t22-,24-,34?. The maximum Gasteiger partial charge on any atom is 0.306 e. The van der Waals surface area contributed by atoms with Crippen LogP contribution in [0.25, 0.3) is 10.1 Å². The van der Waals surface area contributed by atoms with E-state index in [0.717, 1.165) is 36.0 Å². The SMILES string of the molecule is CN1CCN(C(O[C@H]2CC[C@H](C(=O)O)CC2)(C(=O)Cc2ccc(NC(=O)c3csc4ccccc34)c(Cl)c2F)N2CCCC2)CC1. The van der Waals surface area contributed by atoms with Gasteiger partial charge in [0.25, 0.3) is 5.91 Å². The van der Waals surface area contributed by atoms with Gasteiger partial charge >= 0.3 is 5.97 Å². The van der Waals surface area contributed by atoms with Crippen molar-refractivity contribution in [3.8, 4) is 0 Å². The number of thiophene rings is 1. The van der Waals surface area contributed by atoms with Crippen LogP contribution in [0.1, 0.15) is 54.4 Å². The van der Waals surface area contributed by atoms with Crippen LogP contribution in [0.2, 0.25) is 5.02 Å². The van der Waals surface area contributed by atoms with E-state index < -0.39 is 29.5 Å². The van der Waals surface area contributed by atoms with E-state index in [9.17, 15) is 19.5 Å². The molecular weight excluding hydrogens is 631 g/mol. The molecule has 3 aromatic rings. The Morgan fingerprint density at radius 2 is 1.67 bits per heavy atom. The molecule has 1 aromatic heterocycles. The lowest BCUT2D eigenvalue weighted by molar-refractivity contribution is -0.260. The predicted octanol–water partition coefficient (Wildman–Crippen LogP) is 5.71. The number of likely N-dealkylation sites (N-methyl/N-ethyl adjacent to an activating group) is 1. The molecule has 3 fully saturated rings. The van der Waals surface area contributed by atoms with Gasteiger partial charge in [0.15, 0.2) is 5.78 Å². The van der Waals surface area contributed by atoms with Gasteiger partial charge in [0, 0.05) is 61.2 Å². The number of hydrogen-bond donors (Lipinski definition) is 2. The summed E-state index contributed by atoms with van der Waals surface area (Å²) >= 11 is 7.96. The number of piperazine rings is 1. The minimum atomic E-state index is -1.40. The number of nitrogens with zero attached hydrogens (tertiary/aromatic N) is 3. The molecule has 0 bridgehead atoms. The Morgan fingerprint density at radius 3 is 2.37 bits per heavy atom. The highest BCUT2D eigenvalue weighted by Crippen LogP contribution is 2.37. The second-order valence-electron chi connectivity index (χ2n) is 12.6. The minimum absolute atomic E-state index is 0.130. The van der Waals surface area contributed by atoms with E-state index in [2.05, 4.69) is 20.0 Å². The van der Waals surface area contributed by atoms with E-state index in [1.165, 1.54) is 17.4 Å². The van der Waals surface area contributed by atoms with Crippen molar-refractivity contribution in [2.24, 2.45) is 5.92 Å². The predicted molar refractivity (Wildman–Crippen MR) is 177 cm³/mol. The highest BCUT2D eigenvalue weighted by Gasteiger charge is 2.53. The highest BCUT2D eigenvalue weighted by molar-refractivity contribution is 7.17. The molecule has 2 aromatic carbocycles. The molecule has 1 saturated carbocycles. The third-order valence-corrected chi connectivity index (χ3v) is 11.0. The van der Waals surface area contributed by atoms with E-state index in [0.29, 0.717) is 57.4 Å². The summed E-state index contributed by atoms with van der Waals surface area (Å²) in [6.45, 7) is 4.07. The van der Waals surface area contributed by atoms with Crippen molar-refractivity contribution in [1.29, 1.82) is 0 Å². The first-order chi connectivity index (χ1) is 22.2. The van der Waals surface area contributed by atoms with E-state index in [1.807, 2.05) is 31.3 Å². The second-order valence-corrected chi connectivity index (χ2v) is 13.9. The van der Waals surface area contributed by atoms with Gasteiger partial charge in [-0.2, -0.15) is 0 Å². The minimum Gasteiger partial charge on any atom is -0.481 e. The summed E-state index contributed by atoms with van der Waals surface area (Å²) < 4.78 is 23.8. The number of carbonyl (C=O) groups excluding carboxylic acids is 2. The monoisotopic (exact) mass is 670 g/mol. The molecule has 246 valence electrons. The lowest BCUT2D eigenvalue weighted by atomic mass is 9.87. The zero-order valence-corrected chi connectivity index (χ0v) is 27.5. The quantitative estimate of drug-likeness (QED) is 0.283. The van der Waals surface area contributed by atoms with Crippen molar-refractivity contribution < 1.29 is 28.6 Å². The van der Waals surface area contributed by atoms with Gasteiger partial charge in [-0.25, -0.2) is 4.39 Å². The topological polar surface area (TPSA) is 102 Å². The smallest absolute Gasteiger partial charge is 0.306 e. The van der Waals surface area contributed by atoms with Crippen molar-refractivity contribution in [2.75, 3.05) is 51.6 Å². The number of carbonyl (C=O) groups is 3. The second kappa shape index (κ2) is 14.0. The molecule has 3 aliphatic rings. The number of aliphatic carboxylic acids is 1. The number of likely N-dealkylation sites (tertiary alicyclic amines) is 1. The van der Waals surface area contributed by atoms with Gasteiger partial charge in [0.05, 0.1) is 23.3 Å².